The minimum absolute atomic E-state index is 0.0785. The first-order chi connectivity index (χ1) is 10.7. The van der Waals surface area contributed by atoms with Gasteiger partial charge in [0.1, 0.15) is 0 Å². The summed E-state index contributed by atoms with van der Waals surface area (Å²) in [7, 11) is 0. The molecule has 0 saturated heterocycles. The number of carbonyl (C=O) groups excluding carboxylic acids is 1. The summed E-state index contributed by atoms with van der Waals surface area (Å²) in [6.07, 6.45) is -4.93. The van der Waals surface area contributed by atoms with E-state index in [1.54, 1.807) is 0 Å². The van der Waals surface area contributed by atoms with Crippen LogP contribution in [0, 0.1) is 0 Å². The molecule has 2 rings (SSSR count). The highest BCUT2D eigenvalue weighted by Crippen LogP contribution is 2.30. The number of carboxylic acid groups (broad SMARTS) is 1. The van der Waals surface area contributed by atoms with Crippen molar-refractivity contribution in [2.75, 3.05) is 5.73 Å². The first kappa shape index (κ1) is 16.5. The molecule has 0 fully saturated rings. The minimum Gasteiger partial charge on any atom is -0.481 e. The molecule has 0 atom stereocenters. The van der Waals surface area contributed by atoms with Gasteiger partial charge in [0.15, 0.2) is 5.78 Å². The number of carboxylic acids is 1. The molecule has 0 spiro atoms. The molecule has 0 heterocycles. The second-order valence-corrected chi connectivity index (χ2v) is 4.89. The fourth-order valence-corrected chi connectivity index (χ4v) is 2.07. The van der Waals surface area contributed by atoms with Crippen LogP contribution in [0.15, 0.2) is 42.5 Å². The maximum absolute atomic E-state index is 12.7. The maximum atomic E-state index is 12.7. The van der Waals surface area contributed by atoms with E-state index in [2.05, 4.69) is 0 Å². The van der Waals surface area contributed by atoms with Crippen molar-refractivity contribution in [3.63, 3.8) is 0 Å². The van der Waals surface area contributed by atoms with Crippen LogP contribution in [0.3, 0.4) is 0 Å². The number of alkyl halides is 3. The van der Waals surface area contributed by atoms with E-state index in [4.69, 9.17) is 10.8 Å². The van der Waals surface area contributed by atoms with Crippen LogP contribution in [-0.2, 0) is 17.4 Å². The van der Waals surface area contributed by atoms with Crippen molar-refractivity contribution in [3.05, 3.63) is 64.7 Å². The molecule has 0 radical (unpaired) electrons. The SMILES string of the molecule is Nc1ccc(C(=O)c2cccc(C(F)(F)F)c2)cc1CC(=O)O. The number of hydrogen-bond acceptors (Lipinski definition) is 3. The molecule has 0 saturated carbocycles. The van der Waals surface area contributed by atoms with E-state index in [-0.39, 0.29) is 28.8 Å². The van der Waals surface area contributed by atoms with Crippen molar-refractivity contribution in [1.82, 2.24) is 0 Å². The summed E-state index contributed by atoms with van der Waals surface area (Å²) in [5.41, 5.74) is 5.09. The van der Waals surface area contributed by atoms with Gasteiger partial charge in [-0.2, -0.15) is 13.2 Å². The second-order valence-electron chi connectivity index (χ2n) is 4.89. The smallest absolute Gasteiger partial charge is 0.416 e. The molecule has 23 heavy (non-hydrogen) atoms. The van der Waals surface area contributed by atoms with Gasteiger partial charge in [-0.15, -0.1) is 0 Å². The van der Waals surface area contributed by atoms with Crippen LogP contribution in [0.5, 0.6) is 0 Å². The van der Waals surface area contributed by atoms with Crippen molar-refractivity contribution >= 4 is 17.4 Å². The Morgan fingerprint density at radius 1 is 1.04 bits per heavy atom. The van der Waals surface area contributed by atoms with Crippen LogP contribution in [-0.4, -0.2) is 16.9 Å². The highest BCUT2D eigenvalue weighted by molar-refractivity contribution is 6.09. The van der Waals surface area contributed by atoms with E-state index in [1.165, 1.54) is 24.3 Å². The molecule has 0 unspecified atom stereocenters. The lowest BCUT2D eigenvalue weighted by Crippen LogP contribution is -2.09. The molecule has 0 aliphatic rings. The number of nitrogen functional groups attached to an aromatic ring is 1. The summed E-state index contributed by atoms with van der Waals surface area (Å²) in [5.74, 6) is -1.76. The van der Waals surface area contributed by atoms with Crippen molar-refractivity contribution < 1.29 is 27.9 Å². The van der Waals surface area contributed by atoms with Gasteiger partial charge in [0.2, 0.25) is 0 Å². The molecule has 2 aromatic carbocycles. The van der Waals surface area contributed by atoms with Gasteiger partial charge in [-0.1, -0.05) is 12.1 Å². The van der Waals surface area contributed by atoms with Gasteiger partial charge in [-0.3, -0.25) is 9.59 Å². The zero-order valence-electron chi connectivity index (χ0n) is 11.7. The molecule has 0 bridgehead atoms. The molecule has 2 aromatic rings. The number of ketones is 1. The van der Waals surface area contributed by atoms with E-state index in [0.29, 0.717) is 0 Å². The largest absolute Gasteiger partial charge is 0.481 e. The molecule has 0 aliphatic heterocycles. The monoisotopic (exact) mass is 323 g/mol. The number of anilines is 1. The fourth-order valence-electron chi connectivity index (χ4n) is 2.07. The number of carbonyl (C=O) groups is 2. The number of rotatable bonds is 4. The van der Waals surface area contributed by atoms with Crippen LogP contribution < -0.4 is 5.73 Å². The van der Waals surface area contributed by atoms with Crippen molar-refractivity contribution in [2.45, 2.75) is 12.6 Å². The van der Waals surface area contributed by atoms with Gasteiger partial charge in [-0.25, -0.2) is 0 Å². The third kappa shape index (κ3) is 3.88. The van der Waals surface area contributed by atoms with E-state index in [1.807, 2.05) is 0 Å². The fraction of sp³-hybridized carbons (Fsp3) is 0.125. The lowest BCUT2D eigenvalue weighted by molar-refractivity contribution is -0.138. The Hall–Kier alpha value is -2.83. The Bertz CT molecular complexity index is 769. The number of benzene rings is 2. The van der Waals surface area contributed by atoms with Crippen molar-refractivity contribution in [3.8, 4) is 0 Å². The number of nitrogens with two attached hydrogens (primary N) is 1. The number of hydrogen-bond donors (Lipinski definition) is 2. The van der Waals surface area contributed by atoms with E-state index in [9.17, 15) is 22.8 Å². The zero-order valence-corrected chi connectivity index (χ0v) is 11.7. The highest BCUT2D eigenvalue weighted by atomic mass is 19.4. The predicted octanol–water partition coefficient (Wildman–Crippen LogP) is 3.15. The Labute approximate surface area is 129 Å². The minimum atomic E-state index is -4.55. The van der Waals surface area contributed by atoms with Crippen molar-refractivity contribution in [1.29, 1.82) is 0 Å². The highest BCUT2D eigenvalue weighted by Gasteiger charge is 2.31. The van der Waals surface area contributed by atoms with Gasteiger partial charge in [0.25, 0.3) is 0 Å². The first-order valence-corrected chi connectivity index (χ1v) is 6.50. The molecule has 120 valence electrons. The molecule has 7 heteroatoms. The molecular weight excluding hydrogens is 311 g/mol. The first-order valence-electron chi connectivity index (χ1n) is 6.50. The topological polar surface area (TPSA) is 80.4 Å². The van der Waals surface area contributed by atoms with E-state index < -0.39 is 23.5 Å². The average molecular weight is 323 g/mol. The second kappa shape index (κ2) is 6.12. The van der Waals surface area contributed by atoms with Crippen LogP contribution in [0.1, 0.15) is 27.0 Å². The van der Waals surface area contributed by atoms with Gasteiger partial charge in [0, 0.05) is 16.8 Å². The molecular formula is C16H12F3NO3. The van der Waals surface area contributed by atoms with Crippen LogP contribution in [0.2, 0.25) is 0 Å². The Morgan fingerprint density at radius 3 is 2.30 bits per heavy atom. The molecule has 0 aromatic heterocycles. The Balaban J connectivity index is 2.39. The van der Waals surface area contributed by atoms with Crippen molar-refractivity contribution in [2.24, 2.45) is 0 Å². The summed E-state index contributed by atoms with van der Waals surface area (Å²) in [4.78, 5) is 23.1. The summed E-state index contributed by atoms with van der Waals surface area (Å²) in [6, 6.07) is 8.04. The summed E-state index contributed by atoms with van der Waals surface area (Å²) >= 11 is 0. The Kier molecular flexibility index (Phi) is 4.40. The van der Waals surface area contributed by atoms with E-state index >= 15 is 0 Å². The van der Waals surface area contributed by atoms with Crippen LogP contribution in [0.4, 0.5) is 18.9 Å². The molecule has 4 nitrogen and oxygen atoms in total. The summed E-state index contributed by atoms with van der Waals surface area (Å²) in [6.45, 7) is 0. The van der Waals surface area contributed by atoms with E-state index in [0.717, 1.165) is 18.2 Å². The third-order valence-corrected chi connectivity index (χ3v) is 3.20. The third-order valence-electron chi connectivity index (χ3n) is 3.20. The standard InChI is InChI=1S/C16H12F3NO3/c17-16(18,19)12-3-1-2-9(7-12)15(23)10-4-5-13(20)11(6-10)8-14(21)22/h1-7H,8,20H2,(H,21,22). The van der Waals surface area contributed by atoms with Gasteiger partial charge in [0.05, 0.1) is 12.0 Å². The lowest BCUT2D eigenvalue weighted by Gasteiger charge is -2.09. The lowest BCUT2D eigenvalue weighted by atomic mass is 9.98. The number of halogens is 3. The van der Waals surface area contributed by atoms with Crippen LogP contribution >= 0.6 is 0 Å². The van der Waals surface area contributed by atoms with Gasteiger partial charge < -0.3 is 10.8 Å². The Morgan fingerprint density at radius 2 is 1.70 bits per heavy atom. The summed E-state index contributed by atoms with van der Waals surface area (Å²) in [5, 5.41) is 8.80. The van der Waals surface area contributed by atoms with Gasteiger partial charge >= 0.3 is 12.1 Å². The predicted molar refractivity (Wildman–Crippen MR) is 77.1 cm³/mol. The quantitative estimate of drug-likeness (QED) is 0.669. The summed E-state index contributed by atoms with van der Waals surface area (Å²) < 4.78 is 38.1. The normalized spacial score (nSPS) is 11.3. The molecule has 3 N–H and O–H groups in total. The van der Waals surface area contributed by atoms with Crippen LogP contribution in [0.25, 0.3) is 0 Å². The molecule has 0 aliphatic carbocycles. The average Bonchev–Trinajstić information content (AvgIpc) is 2.47. The van der Waals surface area contributed by atoms with Gasteiger partial charge in [-0.05, 0) is 35.9 Å². The zero-order chi connectivity index (χ0) is 17.2. The number of aliphatic carboxylic acids is 1. The maximum Gasteiger partial charge on any atom is 0.416 e. The molecule has 0 amide bonds.